The van der Waals surface area contributed by atoms with Crippen molar-refractivity contribution in [2.45, 2.75) is 26.4 Å². The Bertz CT molecular complexity index is 832. The zero-order valence-electron chi connectivity index (χ0n) is 17.8. The highest BCUT2D eigenvalue weighted by Crippen LogP contribution is 2.28. The van der Waals surface area contributed by atoms with Gasteiger partial charge in [-0.3, -0.25) is 9.69 Å². The molecule has 3 rings (SSSR count). The third-order valence-electron chi connectivity index (χ3n) is 5.79. The number of aliphatic hydroxyl groups is 1. The topological polar surface area (TPSA) is 85.4 Å². The number of amides is 2. The molecule has 2 saturated heterocycles. The smallest absolute Gasteiger partial charge is 0.414 e. The number of aliphatic hydroxyl groups excluding tert-OH is 1. The Balaban J connectivity index is 1.59. The largest absolute Gasteiger partial charge is 0.442 e. The zero-order chi connectivity index (χ0) is 22.5. The number of hydrogen-bond donors (Lipinski definition) is 2. The van der Waals surface area contributed by atoms with Crippen molar-refractivity contribution in [3.8, 4) is 0 Å². The number of cyclic esters (lactones) is 1. The molecule has 2 fully saturated rings. The maximum atomic E-state index is 14.8. The van der Waals surface area contributed by atoms with E-state index in [1.165, 1.54) is 11.0 Å². The maximum Gasteiger partial charge on any atom is 0.414 e. The van der Waals surface area contributed by atoms with E-state index in [-0.39, 0.29) is 17.9 Å². The number of carbonyl (C=O) groups excluding carboxylic acids is 2. The third-order valence-corrected chi connectivity index (χ3v) is 6.34. The Morgan fingerprint density at radius 3 is 2.68 bits per heavy atom. The van der Waals surface area contributed by atoms with Crippen molar-refractivity contribution in [1.29, 1.82) is 0 Å². The Hall–Kier alpha value is -2.46. The van der Waals surface area contributed by atoms with Crippen LogP contribution < -0.4 is 15.1 Å². The predicted octanol–water partition coefficient (Wildman–Crippen LogP) is 1.75. The first-order valence-electron chi connectivity index (χ1n) is 10.5. The molecule has 0 aliphatic carbocycles. The molecule has 1 aromatic rings. The standard InChI is InChI=1S/C21H29FN4O4S/c1-3-14(2)20(31)23-11-16-12-26(21(29)30-16)15-4-5-18(17(22)10-15)24-6-8-25(9-7-24)19(28)13-27/h4-5,10,14,16,27H,3,6-9,11-13H2,1-2H3,(H,23,31)/t14?,16-/m0/s1. The summed E-state index contributed by atoms with van der Waals surface area (Å²) < 4.78 is 20.2. The minimum atomic E-state index is -0.519. The van der Waals surface area contributed by atoms with Crippen molar-refractivity contribution < 1.29 is 23.8 Å². The molecule has 2 aliphatic heterocycles. The second-order valence-corrected chi connectivity index (χ2v) is 8.27. The van der Waals surface area contributed by atoms with E-state index in [0.29, 0.717) is 50.6 Å². The van der Waals surface area contributed by atoms with Gasteiger partial charge in [0.15, 0.2) is 0 Å². The summed E-state index contributed by atoms with van der Waals surface area (Å²) in [4.78, 5) is 29.5. The molecule has 0 spiro atoms. The number of anilines is 2. The van der Waals surface area contributed by atoms with Gasteiger partial charge in [0.25, 0.3) is 0 Å². The first kappa shape index (κ1) is 23.2. The van der Waals surface area contributed by atoms with Gasteiger partial charge in [0.05, 0.1) is 29.5 Å². The van der Waals surface area contributed by atoms with Crippen LogP contribution in [-0.2, 0) is 9.53 Å². The fourth-order valence-electron chi connectivity index (χ4n) is 3.63. The fraction of sp³-hybridized carbons (Fsp3) is 0.571. The molecule has 170 valence electrons. The van der Waals surface area contributed by atoms with Crippen molar-refractivity contribution in [3.05, 3.63) is 24.0 Å². The quantitative estimate of drug-likeness (QED) is 0.610. The summed E-state index contributed by atoms with van der Waals surface area (Å²) in [6, 6.07) is 4.68. The van der Waals surface area contributed by atoms with Gasteiger partial charge < -0.3 is 25.0 Å². The van der Waals surface area contributed by atoms with Crippen LogP contribution in [-0.4, -0.2) is 79.0 Å². The van der Waals surface area contributed by atoms with Crippen molar-refractivity contribution in [1.82, 2.24) is 10.2 Å². The minimum Gasteiger partial charge on any atom is -0.442 e. The van der Waals surface area contributed by atoms with E-state index >= 15 is 0 Å². The van der Waals surface area contributed by atoms with E-state index in [0.717, 1.165) is 11.4 Å². The number of benzene rings is 1. The van der Waals surface area contributed by atoms with Gasteiger partial charge in [-0.05, 0) is 24.6 Å². The van der Waals surface area contributed by atoms with Crippen molar-refractivity contribution >= 4 is 40.6 Å². The van der Waals surface area contributed by atoms with Gasteiger partial charge in [0.2, 0.25) is 5.91 Å². The monoisotopic (exact) mass is 452 g/mol. The number of nitrogens with one attached hydrogen (secondary N) is 1. The van der Waals surface area contributed by atoms with Crippen LogP contribution in [0.1, 0.15) is 20.3 Å². The van der Waals surface area contributed by atoms with Crippen LogP contribution in [0, 0.1) is 11.7 Å². The van der Waals surface area contributed by atoms with Crippen LogP contribution in [0.2, 0.25) is 0 Å². The molecule has 2 heterocycles. The Morgan fingerprint density at radius 2 is 2.06 bits per heavy atom. The molecular weight excluding hydrogens is 423 g/mol. The molecule has 1 unspecified atom stereocenters. The van der Waals surface area contributed by atoms with E-state index in [2.05, 4.69) is 12.2 Å². The maximum absolute atomic E-state index is 14.8. The average Bonchev–Trinajstić information content (AvgIpc) is 3.16. The molecule has 2 amide bonds. The molecule has 0 radical (unpaired) electrons. The van der Waals surface area contributed by atoms with Gasteiger partial charge in [0, 0.05) is 32.1 Å². The van der Waals surface area contributed by atoms with Crippen molar-refractivity contribution in [3.63, 3.8) is 0 Å². The first-order valence-corrected chi connectivity index (χ1v) is 10.9. The second-order valence-electron chi connectivity index (χ2n) is 7.83. The minimum absolute atomic E-state index is 0.258. The number of ether oxygens (including phenoxy) is 1. The summed E-state index contributed by atoms with van der Waals surface area (Å²) in [6.45, 7) is 6.10. The first-order chi connectivity index (χ1) is 14.8. The second kappa shape index (κ2) is 10.2. The lowest BCUT2D eigenvalue weighted by Crippen LogP contribution is -2.49. The summed E-state index contributed by atoms with van der Waals surface area (Å²) in [5.74, 6) is -0.503. The molecule has 8 nitrogen and oxygen atoms in total. The van der Waals surface area contributed by atoms with Crippen LogP contribution >= 0.6 is 12.2 Å². The van der Waals surface area contributed by atoms with E-state index in [1.807, 2.05) is 11.8 Å². The van der Waals surface area contributed by atoms with Crippen molar-refractivity contribution in [2.24, 2.45) is 5.92 Å². The van der Waals surface area contributed by atoms with Gasteiger partial charge in [-0.2, -0.15) is 0 Å². The van der Waals surface area contributed by atoms with Gasteiger partial charge >= 0.3 is 6.09 Å². The zero-order valence-corrected chi connectivity index (χ0v) is 18.7. The van der Waals surface area contributed by atoms with Gasteiger partial charge in [-0.1, -0.05) is 26.1 Å². The summed E-state index contributed by atoms with van der Waals surface area (Å²) in [6.07, 6.45) is 0.0554. The lowest BCUT2D eigenvalue weighted by molar-refractivity contribution is -0.134. The van der Waals surface area contributed by atoms with Gasteiger partial charge in [0.1, 0.15) is 18.5 Å². The van der Waals surface area contributed by atoms with E-state index < -0.39 is 18.5 Å². The summed E-state index contributed by atoms with van der Waals surface area (Å²) in [5.41, 5.74) is 0.858. The number of piperazine rings is 1. The number of carbonyl (C=O) groups is 2. The normalized spacial score (nSPS) is 19.9. The average molecular weight is 453 g/mol. The fourth-order valence-corrected chi connectivity index (χ4v) is 3.88. The molecule has 0 aromatic heterocycles. The molecule has 0 bridgehead atoms. The molecule has 2 atom stereocenters. The Kier molecular flexibility index (Phi) is 7.66. The summed E-state index contributed by atoms with van der Waals surface area (Å²) in [7, 11) is 0. The molecular formula is C21H29FN4O4S. The predicted molar refractivity (Wildman–Crippen MR) is 120 cm³/mol. The van der Waals surface area contributed by atoms with Crippen LogP contribution in [0.4, 0.5) is 20.6 Å². The molecule has 2 aliphatic rings. The van der Waals surface area contributed by atoms with Gasteiger partial charge in [-0.25, -0.2) is 9.18 Å². The summed E-state index contributed by atoms with van der Waals surface area (Å²) >= 11 is 5.33. The SMILES string of the molecule is CCC(C)C(=S)NC[C@H]1CN(c2ccc(N3CCN(C(=O)CO)CC3)c(F)c2)C(=O)O1. The Labute approximate surface area is 186 Å². The molecule has 10 heteroatoms. The molecule has 0 saturated carbocycles. The van der Waals surface area contributed by atoms with Gasteiger partial charge in [-0.15, -0.1) is 0 Å². The number of thiocarbonyl (C=S) groups is 1. The van der Waals surface area contributed by atoms with E-state index in [4.69, 9.17) is 22.1 Å². The lowest BCUT2D eigenvalue weighted by Gasteiger charge is -2.36. The van der Waals surface area contributed by atoms with Crippen LogP contribution in [0.5, 0.6) is 0 Å². The highest BCUT2D eigenvalue weighted by atomic mass is 32.1. The van der Waals surface area contributed by atoms with E-state index in [1.54, 1.807) is 17.0 Å². The lowest BCUT2D eigenvalue weighted by atomic mass is 10.1. The highest BCUT2D eigenvalue weighted by molar-refractivity contribution is 7.80. The van der Waals surface area contributed by atoms with Crippen LogP contribution in [0.3, 0.4) is 0 Å². The number of halogens is 1. The van der Waals surface area contributed by atoms with Crippen molar-refractivity contribution in [2.75, 3.05) is 55.7 Å². The third kappa shape index (κ3) is 5.43. The number of rotatable bonds is 7. The highest BCUT2D eigenvalue weighted by Gasteiger charge is 2.33. The molecule has 1 aromatic carbocycles. The van der Waals surface area contributed by atoms with Crippen LogP contribution in [0.15, 0.2) is 18.2 Å². The Morgan fingerprint density at radius 1 is 1.35 bits per heavy atom. The molecule has 31 heavy (non-hydrogen) atoms. The van der Waals surface area contributed by atoms with Crippen LogP contribution in [0.25, 0.3) is 0 Å². The summed E-state index contributed by atoms with van der Waals surface area (Å²) in [5, 5.41) is 12.1. The van der Waals surface area contributed by atoms with E-state index in [9.17, 15) is 14.0 Å². The number of nitrogens with zero attached hydrogens (tertiary/aromatic N) is 3. The molecule has 2 N–H and O–H groups in total. The number of hydrogen-bond acceptors (Lipinski definition) is 6.